The maximum Gasteiger partial charge on any atom is 0.155 e. The van der Waals surface area contributed by atoms with Gasteiger partial charge in [0.25, 0.3) is 0 Å². The number of hydrogen-bond acceptors (Lipinski definition) is 2. The first kappa shape index (κ1) is 22.6. The first-order valence-electron chi connectivity index (χ1n) is 13.0. The monoisotopic (exact) mass is 414 g/mol. The molecule has 0 heterocycles. The van der Waals surface area contributed by atoms with E-state index in [0.29, 0.717) is 35.9 Å². The third kappa shape index (κ3) is 3.44. The summed E-state index contributed by atoms with van der Waals surface area (Å²) in [5.74, 6) is 5.21. The summed E-state index contributed by atoms with van der Waals surface area (Å²) in [5.41, 5.74) is 1.64. The van der Waals surface area contributed by atoms with E-state index in [1.165, 1.54) is 37.7 Å². The smallest absolute Gasteiger partial charge is 0.155 e. The lowest BCUT2D eigenvalue weighted by atomic mass is 9.45. The topological polar surface area (TPSA) is 37.3 Å². The summed E-state index contributed by atoms with van der Waals surface area (Å²) < 4.78 is 0. The Labute approximate surface area is 185 Å². The molecule has 0 spiro atoms. The summed E-state index contributed by atoms with van der Waals surface area (Å²) in [6.07, 6.45) is 12.0. The largest absolute Gasteiger partial charge is 0.393 e. The second-order valence-corrected chi connectivity index (χ2v) is 12.5. The number of aliphatic hydroxyl groups excluding tert-OH is 1. The van der Waals surface area contributed by atoms with Crippen LogP contribution in [0.3, 0.4) is 0 Å². The lowest BCUT2D eigenvalue weighted by Gasteiger charge is -2.60. The number of aliphatic hydroxyl groups is 1. The minimum atomic E-state index is -0.185. The molecule has 2 heteroatoms. The molecule has 0 aromatic rings. The average Bonchev–Trinajstić information content (AvgIpc) is 3.06. The highest BCUT2D eigenvalue weighted by Gasteiger charge is 2.62. The average molecular weight is 415 g/mol. The molecule has 3 saturated carbocycles. The van der Waals surface area contributed by atoms with E-state index in [1.807, 2.05) is 6.08 Å². The predicted molar refractivity (Wildman–Crippen MR) is 124 cm³/mol. The molecule has 0 saturated heterocycles. The van der Waals surface area contributed by atoms with Crippen LogP contribution in [0.4, 0.5) is 0 Å². The number of ketones is 1. The van der Waals surface area contributed by atoms with Gasteiger partial charge in [-0.2, -0.15) is 0 Å². The summed E-state index contributed by atoms with van der Waals surface area (Å²) in [6, 6.07) is 0. The van der Waals surface area contributed by atoms with Crippen LogP contribution < -0.4 is 0 Å². The normalized spacial score (nSPS) is 45.4. The molecule has 4 aliphatic rings. The quantitative estimate of drug-likeness (QED) is 0.536. The third-order valence-corrected chi connectivity index (χ3v) is 11.0. The molecule has 4 aliphatic carbocycles. The molecule has 0 aliphatic heterocycles. The zero-order valence-corrected chi connectivity index (χ0v) is 20.4. The Kier molecular flexibility index (Phi) is 6.06. The van der Waals surface area contributed by atoms with Crippen molar-refractivity contribution in [2.75, 3.05) is 0 Å². The summed E-state index contributed by atoms with van der Waals surface area (Å²) in [7, 11) is 0. The molecule has 4 rings (SSSR count). The first-order chi connectivity index (χ1) is 14.1. The summed E-state index contributed by atoms with van der Waals surface area (Å²) in [4.78, 5) is 12.1. The predicted octanol–water partition coefficient (Wildman–Crippen LogP) is 6.81. The van der Waals surface area contributed by atoms with Crippen LogP contribution >= 0.6 is 0 Å². The van der Waals surface area contributed by atoms with Crippen molar-refractivity contribution in [2.45, 2.75) is 105 Å². The summed E-state index contributed by atoms with van der Waals surface area (Å²) in [6.45, 7) is 14.4. The van der Waals surface area contributed by atoms with Gasteiger partial charge in [-0.25, -0.2) is 0 Å². The SMILES string of the molecule is CC(C)C(C)CC[C@@H](C)[C@H]1CC[C@H]2[C@@H]3CCC4=CC(=O)CC[C@]4(C)[C@H]3C[C@@H](O)[C@]12C. The number of allylic oxidation sites excluding steroid dienone is 1. The number of rotatable bonds is 5. The molecule has 0 radical (unpaired) electrons. The lowest BCUT2D eigenvalue weighted by Crippen LogP contribution is -2.56. The van der Waals surface area contributed by atoms with Gasteiger partial charge in [0, 0.05) is 6.42 Å². The maximum absolute atomic E-state index is 12.1. The van der Waals surface area contributed by atoms with Crippen LogP contribution in [-0.4, -0.2) is 17.0 Å². The molecule has 0 aromatic heterocycles. The van der Waals surface area contributed by atoms with Gasteiger partial charge in [0.15, 0.2) is 5.78 Å². The fourth-order valence-corrected chi connectivity index (χ4v) is 8.55. The van der Waals surface area contributed by atoms with Crippen LogP contribution in [0.1, 0.15) is 99.3 Å². The zero-order chi connectivity index (χ0) is 21.8. The van der Waals surface area contributed by atoms with Gasteiger partial charge < -0.3 is 5.11 Å². The standard InChI is InChI=1S/C28H46O2/c1-17(2)18(3)7-8-19(4)23-11-12-24-22-10-9-20-15-21(29)13-14-27(20,5)25(22)16-26(30)28(23,24)6/h15,17-19,22-26,30H,7-14,16H2,1-6H3/t18?,19-,22+,23-,24+,25+,26-,27+,28-/m1/s1. The van der Waals surface area contributed by atoms with Crippen LogP contribution in [0.15, 0.2) is 11.6 Å². The molecule has 30 heavy (non-hydrogen) atoms. The number of carbonyl (C=O) groups excluding carboxylic acids is 1. The maximum atomic E-state index is 12.1. The van der Waals surface area contributed by atoms with E-state index in [-0.39, 0.29) is 16.9 Å². The Balaban J connectivity index is 1.54. The van der Waals surface area contributed by atoms with Crippen LogP contribution in [0.25, 0.3) is 0 Å². The molecule has 1 N–H and O–H groups in total. The zero-order valence-electron chi connectivity index (χ0n) is 20.4. The Bertz CT molecular complexity index is 693. The van der Waals surface area contributed by atoms with E-state index in [4.69, 9.17) is 0 Å². The van der Waals surface area contributed by atoms with E-state index < -0.39 is 0 Å². The van der Waals surface area contributed by atoms with Gasteiger partial charge in [0.05, 0.1) is 6.10 Å². The molecule has 9 atom stereocenters. The molecule has 1 unspecified atom stereocenters. The molecule has 170 valence electrons. The fourth-order valence-electron chi connectivity index (χ4n) is 8.55. The van der Waals surface area contributed by atoms with Gasteiger partial charge in [-0.3, -0.25) is 4.79 Å². The van der Waals surface area contributed by atoms with Crippen LogP contribution in [0.2, 0.25) is 0 Å². The van der Waals surface area contributed by atoms with Crippen molar-refractivity contribution in [3.8, 4) is 0 Å². The second-order valence-electron chi connectivity index (χ2n) is 12.5. The molecule has 2 nitrogen and oxygen atoms in total. The Morgan fingerprint density at radius 3 is 2.47 bits per heavy atom. The van der Waals surface area contributed by atoms with E-state index >= 15 is 0 Å². The highest BCUT2D eigenvalue weighted by molar-refractivity contribution is 5.91. The second kappa shape index (κ2) is 8.05. The van der Waals surface area contributed by atoms with Crippen LogP contribution in [-0.2, 0) is 4.79 Å². The molecule has 0 bridgehead atoms. The highest BCUT2D eigenvalue weighted by atomic mass is 16.3. The Morgan fingerprint density at radius 2 is 1.77 bits per heavy atom. The van der Waals surface area contributed by atoms with Crippen molar-refractivity contribution in [3.63, 3.8) is 0 Å². The van der Waals surface area contributed by atoms with Gasteiger partial charge in [0.2, 0.25) is 0 Å². The van der Waals surface area contributed by atoms with E-state index in [0.717, 1.165) is 37.0 Å². The molecule has 0 aromatic carbocycles. The Morgan fingerprint density at radius 1 is 1.03 bits per heavy atom. The van der Waals surface area contributed by atoms with E-state index in [1.54, 1.807) is 0 Å². The van der Waals surface area contributed by atoms with Gasteiger partial charge in [-0.1, -0.05) is 60.0 Å². The summed E-state index contributed by atoms with van der Waals surface area (Å²) >= 11 is 0. The first-order valence-corrected chi connectivity index (χ1v) is 13.0. The minimum Gasteiger partial charge on any atom is -0.393 e. The van der Waals surface area contributed by atoms with Gasteiger partial charge in [-0.15, -0.1) is 0 Å². The minimum absolute atomic E-state index is 0.0870. The van der Waals surface area contributed by atoms with Crippen molar-refractivity contribution in [2.24, 2.45) is 52.3 Å². The number of hydrogen-bond donors (Lipinski definition) is 1. The highest BCUT2D eigenvalue weighted by Crippen LogP contribution is 2.67. The molecule has 0 amide bonds. The third-order valence-electron chi connectivity index (χ3n) is 11.0. The van der Waals surface area contributed by atoms with Gasteiger partial charge in [0.1, 0.15) is 0 Å². The Hall–Kier alpha value is -0.630. The van der Waals surface area contributed by atoms with Crippen molar-refractivity contribution in [3.05, 3.63) is 11.6 Å². The van der Waals surface area contributed by atoms with E-state index in [2.05, 4.69) is 41.5 Å². The molecular weight excluding hydrogens is 368 g/mol. The van der Waals surface area contributed by atoms with Crippen molar-refractivity contribution < 1.29 is 9.90 Å². The van der Waals surface area contributed by atoms with E-state index in [9.17, 15) is 9.90 Å². The molecule has 3 fully saturated rings. The lowest BCUT2D eigenvalue weighted by molar-refractivity contribution is -0.141. The molecular formula is C28H46O2. The van der Waals surface area contributed by atoms with Gasteiger partial charge in [-0.05, 0) is 96.9 Å². The number of fused-ring (bicyclic) bond motifs is 5. The van der Waals surface area contributed by atoms with Crippen LogP contribution in [0, 0.1) is 52.3 Å². The van der Waals surface area contributed by atoms with Crippen molar-refractivity contribution >= 4 is 5.78 Å². The van der Waals surface area contributed by atoms with Crippen molar-refractivity contribution in [1.29, 1.82) is 0 Å². The summed E-state index contributed by atoms with van der Waals surface area (Å²) in [5, 5.41) is 11.6. The van der Waals surface area contributed by atoms with Crippen LogP contribution in [0.5, 0.6) is 0 Å². The van der Waals surface area contributed by atoms with Gasteiger partial charge >= 0.3 is 0 Å². The fraction of sp³-hybridized carbons (Fsp3) is 0.893. The van der Waals surface area contributed by atoms with Crippen molar-refractivity contribution in [1.82, 2.24) is 0 Å². The number of carbonyl (C=O) groups is 1.